The van der Waals surface area contributed by atoms with E-state index in [1.165, 1.54) is 17.7 Å². The zero-order valence-electron chi connectivity index (χ0n) is 23.1. The van der Waals surface area contributed by atoms with Gasteiger partial charge >= 0.3 is 6.09 Å². The first-order chi connectivity index (χ1) is 20.2. The summed E-state index contributed by atoms with van der Waals surface area (Å²) in [5.41, 5.74) is 7.22. The molecule has 13 heteroatoms. The molecule has 220 valence electrons. The number of aliphatic hydroxyl groups is 1. The number of hydrogen-bond acceptors (Lipinski definition) is 9. The van der Waals surface area contributed by atoms with Crippen LogP contribution in [0.5, 0.6) is 0 Å². The van der Waals surface area contributed by atoms with Gasteiger partial charge in [0.2, 0.25) is 5.95 Å². The van der Waals surface area contributed by atoms with Gasteiger partial charge in [0.05, 0.1) is 55.2 Å². The second kappa shape index (κ2) is 10.9. The third-order valence-electron chi connectivity index (χ3n) is 8.20. The minimum atomic E-state index is -1.40. The van der Waals surface area contributed by atoms with Crippen molar-refractivity contribution in [2.24, 2.45) is 11.7 Å². The molecular formula is C29H31F2N7O4. The average Bonchev–Trinajstić information content (AvgIpc) is 3.35. The molecule has 2 fully saturated rings. The molecule has 1 saturated carbocycles. The highest BCUT2D eigenvalue weighted by Gasteiger charge is 2.39. The number of rotatable bonds is 6. The van der Waals surface area contributed by atoms with Crippen LogP contribution in [0.15, 0.2) is 48.9 Å². The lowest BCUT2D eigenvalue weighted by Crippen LogP contribution is -2.54. The molecule has 3 aromatic heterocycles. The molecular weight excluding hydrogens is 548 g/mol. The Morgan fingerprint density at radius 3 is 2.62 bits per heavy atom. The maximum atomic E-state index is 15.2. The number of nitrogens with two attached hydrogens (primary N) is 1. The van der Waals surface area contributed by atoms with Crippen LogP contribution in [-0.4, -0.2) is 63.2 Å². The number of nitrogens with zero attached hydrogens (tertiary/aromatic N) is 4. The highest BCUT2D eigenvalue weighted by atomic mass is 19.1. The third-order valence-corrected chi connectivity index (χ3v) is 8.20. The van der Waals surface area contributed by atoms with E-state index in [2.05, 4.69) is 25.7 Å². The van der Waals surface area contributed by atoms with Gasteiger partial charge < -0.3 is 30.9 Å². The Morgan fingerprint density at radius 2 is 1.95 bits per heavy atom. The van der Waals surface area contributed by atoms with Gasteiger partial charge in [-0.1, -0.05) is 6.92 Å². The Bertz CT molecular complexity index is 1610. The Hall–Kier alpha value is -4.20. The van der Waals surface area contributed by atoms with Crippen molar-refractivity contribution in [3.63, 3.8) is 0 Å². The van der Waals surface area contributed by atoms with E-state index in [1.54, 1.807) is 24.7 Å². The molecule has 4 unspecified atom stereocenters. The number of halogens is 2. The zero-order valence-corrected chi connectivity index (χ0v) is 23.1. The molecule has 1 aromatic carbocycles. The van der Waals surface area contributed by atoms with Crippen LogP contribution in [0.4, 0.5) is 25.2 Å². The van der Waals surface area contributed by atoms with Gasteiger partial charge in [-0.05, 0) is 66.1 Å². The molecule has 1 amide bonds. The van der Waals surface area contributed by atoms with Gasteiger partial charge in [0.15, 0.2) is 0 Å². The predicted octanol–water partition coefficient (Wildman–Crippen LogP) is 3.60. The number of aromatic nitrogens is 4. The number of nitrogens with one attached hydrogen (secondary N) is 2. The van der Waals surface area contributed by atoms with E-state index < -0.39 is 23.3 Å². The summed E-state index contributed by atoms with van der Waals surface area (Å²) in [6.45, 7) is 2.00. The van der Waals surface area contributed by atoms with Crippen molar-refractivity contribution in [3.8, 4) is 11.3 Å². The molecule has 1 aliphatic carbocycles. The number of imidazole rings is 1. The van der Waals surface area contributed by atoms with Crippen LogP contribution in [0.2, 0.25) is 0 Å². The smallest absolute Gasteiger partial charge is 0.407 e. The summed E-state index contributed by atoms with van der Waals surface area (Å²) in [5.74, 6) is -1.20. The van der Waals surface area contributed by atoms with Crippen LogP contribution < -0.4 is 16.4 Å². The summed E-state index contributed by atoms with van der Waals surface area (Å²) in [7, 11) is 1.32. The second-order valence-electron chi connectivity index (χ2n) is 11.0. The summed E-state index contributed by atoms with van der Waals surface area (Å²) in [5, 5.41) is 21.1. The molecule has 11 nitrogen and oxygen atoms in total. The first kappa shape index (κ1) is 27.9. The summed E-state index contributed by atoms with van der Waals surface area (Å²) < 4.78 is 41.6. The molecule has 5 N–H and O–H groups in total. The van der Waals surface area contributed by atoms with Crippen molar-refractivity contribution in [1.29, 1.82) is 0 Å². The zero-order chi connectivity index (χ0) is 29.6. The van der Waals surface area contributed by atoms with Gasteiger partial charge in [0.25, 0.3) is 0 Å². The number of carbonyl (C=O) groups excluding carboxylic acids is 1. The van der Waals surface area contributed by atoms with E-state index in [9.17, 15) is 9.90 Å². The van der Waals surface area contributed by atoms with Crippen LogP contribution in [0.25, 0.3) is 16.8 Å². The number of methoxy groups -OCH3 is 1. The minimum absolute atomic E-state index is 0.0213. The minimum Gasteiger partial charge on any atom is -0.453 e. The first-order valence-electron chi connectivity index (χ1n) is 13.6. The Kier molecular flexibility index (Phi) is 7.25. The molecule has 4 atom stereocenters. The largest absolute Gasteiger partial charge is 0.453 e. The number of ether oxygens (including phenoxy) is 2. The standard InChI is InChI=1S/C29H31F2N7O4/c1-15-7-16(8-22(32)26(15)36-28(39)41-2)19-5-6-33-12-24(19)35-27-34-11-18-3-4-23(37-38(18)27)25-20(30)9-17(10-21(25)31)29(40)13-42-14-29/h3-6,9-12,15-16,22,26,40H,7-8,13-14,32H2,1-2H3,(H,34,35)(H,36,39). The third kappa shape index (κ3) is 5.03. The van der Waals surface area contributed by atoms with Crippen LogP contribution in [0, 0.1) is 17.6 Å². The van der Waals surface area contributed by atoms with Crippen molar-refractivity contribution in [2.45, 2.75) is 43.4 Å². The molecule has 0 spiro atoms. The number of anilines is 2. The van der Waals surface area contributed by atoms with Crippen molar-refractivity contribution in [2.75, 3.05) is 25.6 Å². The molecule has 1 saturated heterocycles. The lowest BCUT2D eigenvalue weighted by Gasteiger charge is -2.39. The lowest BCUT2D eigenvalue weighted by atomic mass is 9.73. The lowest BCUT2D eigenvalue weighted by molar-refractivity contribution is -0.184. The molecule has 1 aliphatic heterocycles. The van der Waals surface area contributed by atoms with E-state index in [0.717, 1.165) is 24.1 Å². The van der Waals surface area contributed by atoms with Gasteiger partial charge in [-0.15, -0.1) is 0 Å². The number of hydrogen-bond donors (Lipinski definition) is 4. The normalized spacial score (nSPS) is 23.3. The molecule has 4 aromatic rings. The fraction of sp³-hybridized carbons (Fsp3) is 0.379. The van der Waals surface area contributed by atoms with E-state index in [0.29, 0.717) is 23.6 Å². The SMILES string of the molecule is COC(=O)NC1C(C)CC(c2ccncc2Nc2ncc3ccc(-c4c(F)cc(C5(O)COC5)cc4F)nn23)CC1N. The fourth-order valence-electron chi connectivity index (χ4n) is 5.92. The van der Waals surface area contributed by atoms with E-state index in [4.69, 9.17) is 15.2 Å². The molecule has 42 heavy (non-hydrogen) atoms. The predicted molar refractivity (Wildman–Crippen MR) is 149 cm³/mol. The summed E-state index contributed by atoms with van der Waals surface area (Å²) in [6, 6.07) is 6.83. The topological polar surface area (TPSA) is 149 Å². The number of fused-ring (bicyclic) bond motifs is 1. The van der Waals surface area contributed by atoms with Crippen molar-refractivity contribution < 1.29 is 28.2 Å². The second-order valence-corrected chi connectivity index (χ2v) is 11.0. The Balaban J connectivity index is 1.28. The van der Waals surface area contributed by atoms with Gasteiger partial charge in [-0.25, -0.2) is 18.6 Å². The molecule has 0 bridgehead atoms. The first-order valence-corrected chi connectivity index (χ1v) is 13.6. The van der Waals surface area contributed by atoms with Gasteiger partial charge in [0, 0.05) is 18.3 Å². The molecule has 4 heterocycles. The van der Waals surface area contributed by atoms with Gasteiger partial charge in [-0.3, -0.25) is 4.98 Å². The fourth-order valence-corrected chi connectivity index (χ4v) is 5.92. The van der Waals surface area contributed by atoms with Crippen molar-refractivity contribution >= 4 is 23.2 Å². The van der Waals surface area contributed by atoms with Crippen LogP contribution in [-0.2, 0) is 15.1 Å². The van der Waals surface area contributed by atoms with Crippen molar-refractivity contribution in [3.05, 3.63) is 71.7 Å². The van der Waals surface area contributed by atoms with Gasteiger partial charge in [0.1, 0.15) is 17.2 Å². The number of benzene rings is 1. The quantitative estimate of drug-likeness (QED) is 0.269. The number of alkyl carbamates (subject to hydrolysis) is 1. The maximum Gasteiger partial charge on any atom is 0.407 e. The summed E-state index contributed by atoms with van der Waals surface area (Å²) in [4.78, 5) is 20.5. The monoisotopic (exact) mass is 579 g/mol. The molecule has 6 rings (SSSR count). The number of pyridine rings is 1. The van der Waals surface area contributed by atoms with Crippen molar-refractivity contribution in [1.82, 2.24) is 24.9 Å². The van der Waals surface area contributed by atoms with E-state index in [1.807, 2.05) is 13.0 Å². The number of amides is 1. The maximum absolute atomic E-state index is 15.2. The summed E-state index contributed by atoms with van der Waals surface area (Å²) in [6.07, 6.45) is 5.86. The molecule has 2 aliphatic rings. The van der Waals surface area contributed by atoms with Crippen LogP contribution >= 0.6 is 0 Å². The van der Waals surface area contributed by atoms with E-state index >= 15 is 8.78 Å². The highest BCUT2D eigenvalue weighted by Crippen LogP contribution is 2.39. The number of carbonyl (C=O) groups is 1. The Morgan fingerprint density at radius 1 is 1.19 bits per heavy atom. The Labute approximate surface area is 240 Å². The molecule has 0 radical (unpaired) electrons. The van der Waals surface area contributed by atoms with E-state index in [-0.39, 0.29) is 54.0 Å². The van der Waals surface area contributed by atoms with Gasteiger partial charge in [-0.2, -0.15) is 9.61 Å². The van der Waals surface area contributed by atoms with Crippen LogP contribution in [0.3, 0.4) is 0 Å². The average molecular weight is 580 g/mol. The summed E-state index contributed by atoms with van der Waals surface area (Å²) >= 11 is 0. The highest BCUT2D eigenvalue weighted by molar-refractivity contribution is 5.68. The van der Waals surface area contributed by atoms with Crippen LogP contribution in [0.1, 0.15) is 36.8 Å².